The van der Waals surface area contributed by atoms with Crippen LogP contribution in [0.1, 0.15) is 55.5 Å². The van der Waals surface area contributed by atoms with Crippen molar-refractivity contribution in [1.29, 1.82) is 0 Å². The molecule has 9 heteroatoms. The Kier molecular flexibility index (Phi) is 7.70. The van der Waals surface area contributed by atoms with E-state index in [1.54, 1.807) is 29.4 Å². The van der Waals surface area contributed by atoms with E-state index < -0.39 is 10.0 Å². The maximum atomic E-state index is 13.6. The van der Waals surface area contributed by atoms with Crippen molar-refractivity contribution in [2.75, 3.05) is 13.1 Å². The number of aromatic nitrogens is 1. The lowest BCUT2D eigenvalue weighted by Crippen LogP contribution is -2.44. The van der Waals surface area contributed by atoms with Gasteiger partial charge in [0.1, 0.15) is 10.7 Å². The van der Waals surface area contributed by atoms with Crippen LogP contribution in [0.5, 0.6) is 0 Å². The fourth-order valence-corrected chi connectivity index (χ4v) is 7.91. The Morgan fingerprint density at radius 1 is 1.11 bits per heavy atom. The summed E-state index contributed by atoms with van der Waals surface area (Å²) < 4.78 is 34.7. The maximum absolute atomic E-state index is 13.6. The number of piperidine rings is 1. The number of benzene rings is 2. The van der Waals surface area contributed by atoms with E-state index >= 15 is 0 Å². The third-order valence-electron chi connectivity index (χ3n) is 7.34. The Balaban J connectivity index is 1.20. The molecule has 0 bridgehead atoms. The van der Waals surface area contributed by atoms with E-state index in [-0.39, 0.29) is 21.9 Å². The number of halogens is 1. The number of carbonyl (C=O) groups excluding carboxylic acids is 1. The standard InChI is InChI=1S/C28H32ClN3O4S/c1-20-9-7-14-23(29)27(20)37(34,35)32-17-6-5-12-22(32)13-8-15-26(33)31-18-16-24-25(19-31)36-28(30-24)21-10-3-2-4-11-21/h2-4,7,9-11,14,22H,5-6,8,12-13,15-19H2,1H3. The van der Waals surface area contributed by atoms with Gasteiger partial charge in [0.15, 0.2) is 0 Å². The molecule has 3 aromatic rings. The van der Waals surface area contributed by atoms with Crippen molar-refractivity contribution in [2.45, 2.75) is 69.4 Å². The third-order valence-corrected chi connectivity index (χ3v) is 9.92. The number of carbonyl (C=O) groups is 1. The Hall–Kier alpha value is -2.68. The molecular weight excluding hydrogens is 510 g/mol. The molecule has 5 rings (SSSR count). The van der Waals surface area contributed by atoms with Crippen molar-refractivity contribution in [3.63, 3.8) is 0 Å². The van der Waals surface area contributed by atoms with Crippen LogP contribution in [-0.4, -0.2) is 47.6 Å². The summed E-state index contributed by atoms with van der Waals surface area (Å²) in [6.45, 7) is 3.29. The van der Waals surface area contributed by atoms with Gasteiger partial charge in [-0.3, -0.25) is 4.79 Å². The minimum Gasteiger partial charge on any atom is -0.439 e. The molecule has 2 aliphatic heterocycles. The molecule has 1 saturated heterocycles. The van der Waals surface area contributed by atoms with E-state index in [1.165, 1.54) is 0 Å². The van der Waals surface area contributed by atoms with Crippen molar-refractivity contribution >= 4 is 27.5 Å². The Bertz CT molecular complexity index is 1350. The van der Waals surface area contributed by atoms with Crippen LogP contribution in [0.25, 0.3) is 11.5 Å². The van der Waals surface area contributed by atoms with Gasteiger partial charge in [0, 0.05) is 37.5 Å². The molecule has 2 aliphatic rings. The van der Waals surface area contributed by atoms with Crippen molar-refractivity contribution in [3.8, 4) is 11.5 Å². The second-order valence-corrected chi connectivity index (χ2v) is 12.1. The SMILES string of the molecule is Cc1cccc(Cl)c1S(=O)(=O)N1CCCCC1CCCC(=O)N1CCc2nc(-c3ccccc3)oc2C1. The van der Waals surface area contributed by atoms with E-state index in [4.69, 9.17) is 16.0 Å². The van der Waals surface area contributed by atoms with E-state index in [2.05, 4.69) is 4.98 Å². The number of hydrogen-bond donors (Lipinski definition) is 0. The zero-order chi connectivity index (χ0) is 26.0. The zero-order valence-electron chi connectivity index (χ0n) is 21.0. The number of hydrogen-bond acceptors (Lipinski definition) is 5. The molecule has 0 spiro atoms. The lowest BCUT2D eigenvalue weighted by Gasteiger charge is -2.35. The molecule has 1 unspecified atom stereocenters. The van der Waals surface area contributed by atoms with Gasteiger partial charge in [-0.25, -0.2) is 13.4 Å². The molecule has 0 N–H and O–H groups in total. The normalized spacial score (nSPS) is 18.5. The predicted octanol–water partition coefficient (Wildman–Crippen LogP) is 5.60. The third kappa shape index (κ3) is 5.47. The highest BCUT2D eigenvalue weighted by Crippen LogP contribution is 2.33. The monoisotopic (exact) mass is 541 g/mol. The van der Waals surface area contributed by atoms with Crippen LogP contribution in [0.2, 0.25) is 5.02 Å². The van der Waals surface area contributed by atoms with E-state index in [9.17, 15) is 13.2 Å². The molecule has 1 atom stereocenters. The summed E-state index contributed by atoms with van der Waals surface area (Å²) in [5, 5.41) is 0.256. The number of aryl methyl sites for hydroxylation is 1. The first kappa shape index (κ1) is 25.9. The van der Waals surface area contributed by atoms with Crippen LogP contribution in [-0.2, 0) is 27.8 Å². The summed E-state index contributed by atoms with van der Waals surface area (Å²) in [6.07, 6.45) is 4.94. The number of amides is 1. The van der Waals surface area contributed by atoms with Gasteiger partial charge in [-0.2, -0.15) is 4.31 Å². The summed E-state index contributed by atoms with van der Waals surface area (Å²) in [7, 11) is -3.71. The average molecular weight is 542 g/mol. The van der Waals surface area contributed by atoms with Crippen molar-refractivity contribution in [1.82, 2.24) is 14.2 Å². The summed E-state index contributed by atoms with van der Waals surface area (Å²) in [4.78, 5) is 19.7. The molecule has 1 fully saturated rings. The average Bonchev–Trinajstić information content (AvgIpc) is 3.33. The molecule has 1 aromatic heterocycles. The molecule has 2 aromatic carbocycles. The first-order valence-corrected chi connectivity index (χ1v) is 14.7. The van der Waals surface area contributed by atoms with Gasteiger partial charge in [0.25, 0.3) is 0 Å². The Morgan fingerprint density at radius 3 is 2.70 bits per heavy atom. The first-order valence-electron chi connectivity index (χ1n) is 12.9. The fraction of sp³-hybridized carbons (Fsp3) is 0.429. The highest BCUT2D eigenvalue weighted by Gasteiger charge is 2.35. The minimum atomic E-state index is -3.71. The summed E-state index contributed by atoms with van der Waals surface area (Å²) >= 11 is 6.32. The van der Waals surface area contributed by atoms with E-state index in [0.29, 0.717) is 56.8 Å². The maximum Gasteiger partial charge on any atom is 0.245 e. The van der Waals surface area contributed by atoms with Crippen LogP contribution in [0.4, 0.5) is 0 Å². The first-order chi connectivity index (χ1) is 17.8. The van der Waals surface area contributed by atoms with Gasteiger partial charge in [0.2, 0.25) is 21.8 Å². The van der Waals surface area contributed by atoms with Gasteiger partial charge in [-0.05, 0) is 56.4 Å². The molecule has 0 radical (unpaired) electrons. The van der Waals surface area contributed by atoms with Crippen LogP contribution in [0.3, 0.4) is 0 Å². The summed E-state index contributed by atoms with van der Waals surface area (Å²) in [5.74, 6) is 1.40. The Labute approximate surface area is 223 Å². The highest BCUT2D eigenvalue weighted by atomic mass is 35.5. The summed E-state index contributed by atoms with van der Waals surface area (Å²) in [5.41, 5.74) is 2.49. The predicted molar refractivity (Wildman–Crippen MR) is 143 cm³/mol. The number of fused-ring (bicyclic) bond motifs is 1. The second kappa shape index (κ2) is 11.0. The van der Waals surface area contributed by atoms with E-state index in [1.807, 2.05) is 35.2 Å². The van der Waals surface area contributed by atoms with Crippen LogP contribution in [0, 0.1) is 6.92 Å². The zero-order valence-corrected chi connectivity index (χ0v) is 22.6. The molecule has 3 heterocycles. The van der Waals surface area contributed by atoms with Gasteiger partial charge in [-0.15, -0.1) is 0 Å². The van der Waals surface area contributed by atoms with Crippen molar-refractivity contribution in [3.05, 3.63) is 70.6 Å². The molecular formula is C28H32ClN3O4S. The van der Waals surface area contributed by atoms with Gasteiger partial charge in [-0.1, -0.05) is 48.4 Å². The fourth-order valence-electron chi connectivity index (χ4n) is 5.40. The number of oxazole rings is 1. The molecule has 0 saturated carbocycles. The quantitative estimate of drug-likeness (QED) is 0.388. The second-order valence-electron chi connectivity index (χ2n) is 9.86. The lowest BCUT2D eigenvalue weighted by atomic mass is 9.99. The topological polar surface area (TPSA) is 83.7 Å². The van der Waals surface area contributed by atoms with Crippen LogP contribution in [0.15, 0.2) is 57.8 Å². The van der Waals surface area contributed by atoms with Crippen LogP contribution < -0.4 is 0 Å². The van der Waals surface area contributed by atoms with Gasteiger partial charge >= 0.3 is 0 Å². The van der Waals surface area contributed by atoms with Crippen molar-refractivity contribution in [2.24, 2.45) is 0 Å². The molecule has 0 aliphatic carbocycles. The van der Waals surface area contributed by atoms with E-state index in [0.717, 1.165) is 36.3 Å². The van der Waals surface area contributed by atoms with Gasteiger partial charge < -0.3 is 9.32 Å². The molecule has 1 amide bonds. The van der Waals surface area contributed by atoms with Gasteiger partial charge in [0.05, 0.1) is 17.3 Å². The lowest BCUT2D eigenvalue weighted by molar-refractivity contribution is -0.132. The largest absolute Gasteiger partial charge is 0.439 e. The Morgan fingerprint density at radius 2 is 1.92 bits per heavy atom. The number of sulfonamides is 1. The summed E-state index contributed by atoms with van der Waals surface area (Å²) in [6, 6.07) is 14.8. The molecule has 7 nitrogen and oxygen atoms in total. The molecule has 196 valence electrons. The smallest absolute Gasteiger partial charge is 0.245 e. The number of nitrogens with zero attached hydrogens (tertiary/aromatic N) is 3. The van der Waals surface area contributed by atoms with Crippen LogP contribution >= 0.6 is 11.6 Å². The highest BCUT2D eigenvalue weighted by molar-refractivity contribution is 7.89. The van der Waals surface area contributed by atoms with Crippen molar-refractivity contribution < 1.29 is 17.6 Å². The molecule has 37 heavy (non-hydrogen) atoms. The number of rotatable bonds is 7. The minimum absolute atomic E-state index is 0.0653.